The zero-order valence-corrected chi connectivity index (χ0v) is 44.8. The number of guanidine groups is 1. The van der Waals surface area contributed by atoms with E-state index in [1.165, 1.54) is 9.80 Å². The Hall–Kier alpha value is -7.38. The van der Waals surface area contributed by atoms with Crippen LogP contribution in [0.3, 0.4) is 0 Å². The van der Waals surface area contributed by atoms with Crippen molar-refractivity contribution in [3.05, 3.63) is 35.9 Å². The van der Waals surface area contributed by atoms with Crippen molar-refractivity contribution in [2.24, 2.45) is 39.9 Å². The largest absolute Gasteiger partial charge is 0.481 e. The molecule has 0 saturated carbocycles. The maximum absolute atomic E-state index is 14.7. The molecule has 428 valence electrons. The second-order valence-corrected chi connectivity index (χ2v) is 20.6. The third-order valence-electron chi connectivity index (χ3n) is 13.3. The number of hydrogen-bond donors (Lipinski definition) is 12. The molecule has 2 saturated heterocycles. The Bertz CT molecular complexity index is 2280. The van der Waals surface area contributed by atoms with Crippen LogP contribution < -0.4 is 49.1 Å². The van der Waals surface area contributed by atoms with Gasteiger partial charge in [0.1, 0.15) is 48.3 Å². The summed E-state index contributed by atoms with van der Waals surface area (Å²) in [6.07, 6.45) is 0.274. The smallest absolute Gasteiger partial charge is 0.326 e. The van der Waals surface area contributed by atoms with Crippen LogP contribution in [0, 0.1) is 17.8 Å². The van der Waals surface area contributed by atoms with Crippen LogP contribution in [0.2, 0.25) is 0 Å². The highest BCUT2D eigenvalue weighted by Gasteiger charge is 2.44. The summed E-state index contributed by atoms with van der Waals surface area (Å²) in [6, 6.07) is -3.29. The average Bonchev–Trinajstić information content (AvgIpc) is 4.06. The molecule has 0 unspecified atom stereocenters. The van der Waals surface area contributed by atoms with Crippen LogP contribution in [0.1, 0.15) is 118 Å². The minimum Gasteiger partial charge on any atom is -0.481 e. The molecule has 0 aromatic heterocycles. The predicted octanol–water partition coefficient (Wildman–Crippen LogP) is -1.33. The topological polar surface area (TPSA) is 418 Å². The van der Waals surface area contributed by atoms with Crippen molar-refractivity contribution in [1.82, 2.24) is 41.7 Å². The molecule has 8 amide bonds. The number of carbonyl (C=O) groups is 11. The second-order valence-electron chi connectivity index (χ2n) is 20.6. The number of nitrogens with two attached hydrogens (primary N) is 3. The molecule has 10 atom stereocenters. The quantitative estimate of drug-likeness (QED) is 0.0233. The van der Waals surface area contributed by atoms with Crippen LogP contribution in [-0.2, 0) is 59.2 Å². The Morgan fingerprint density at radius 1 is 0.623 bits per heavy atom. The summed E-state index contributed by atoms with van der Waals surface area (Å²) in [4.78, 5) is 154. The number of aliphatic carboxylic acids is 3. The van der Waals surface area contributed by atoms with Gasteiger partial charge in [-0.05, 0) is 74.7 Å². The first-order chi connectivity index (χ1) is 36.2. The number of amides is 8. The molecule has 0 aliphatic carbocycles. The molecule has 77 heavy (non-hydrogen) atoms. The van der Waals surface area contributed by atoms with Crippen molar-refractivity contribution in [2.75, 3.05) is 19.6 Å². The lowest BCUT2D eigenvalue weighted by molar-refractivity contribution is -0.147. The predicted molar refractivity (Wildman–Crippen MR) is 280 cm³/mol. The summed E-state index contributed by atoms with van der Waals surface area (Å²) >= 11 is 0. The number of carboxylic acid groups (broad SMARTS) is 3. The van der Waals surface area contributed by atoms with Crippen LogP contribution in [0.15, 0.2) is 35.3 Å². The fourth-order valence-electron chi connectivity index (χ4n) is 9.15. The van der Waals surface area contributed by atoms with E-state index in [1.54, 1.807) is 58.0 Å². The number of nitrogens with zero attached hydrogens (tertiary/aromatic N) is 3. The van der Waals surface area contributed by atoms with Gasteiger partial charge in [0.15, 0.2) is 5.96 Å². The van der Waals surface area contributed by atoms with Gasteiger partial charge in [0.2, 0.25) is 47.3 Å². The molecule has 0 spiro atoms. The van der Waals surface area contributed by atoms with Gasteiger partial charge >= 0.3 is 17.9 Å². The number of carboxylic acids is 3. The van der Waals surface area contributed by atoms with Gasteiger partial charge in [-0.15, -0.1) is 0 Å². The minimum atomic E-state index is -1.76. The van der Waals surface area contributed by atoms with Gasteiger partial charge in [-0.3, -0.25) is 52.9 Å². The summed E-state index contributed by atoms with van der Waals surface area (Å²) in [5, 5.41) is 43.8. The van der Waals surface area contributed by atoms with E-state index in [9.17, 15) is 68.1 Å². The number of hydrogen-bond acceptors (Lipinski definition) is 13. The van der Waals surface area contributed by atoms with Crippen molar-refractivity contribution in [3.8, 4) is 0 Å². The molecule has 2 aliphatic rings. The van der Waals surface area contributed by atoms with Crippen molar-refractivity contribution < 1.29 is 68.1 Å². The number of benzene rings is 1. The van der Waals surface area contributed by atoms with Gasteiger partial charge < -0.3 is 74.2 Å². The molecule has 2 fully saturated rings. The molecule has 15 N–H and O–H groups in total. The normalized spacial score (nSPS) is 18.3. The van der Waals surface area contributed by atoms with Crippen LogP contribution in [0.5, 0.6) is 0 Å². The number of nitrogens with one attached hydrogen (secondary N) is 6. The van der Waals surface area contributed by atoms with E-state index in [2.05, 4.69) is 36.9 Å². The first kappa shape index (κ1) is 63.9. The average molecular weight is 1090 g/mol. The molecule has 3 rings (SSSR count). The van der Waals surface area contributed by atoms with Gasteiger partial charge in [0, 0.05) is 26.1 Å². The van der Waals surface area contributed by atoms with Gasteiger partial charge in [-0.2, -0.15) is 0 Å². The number of rotatable bonds is 31. The van der Waals surface area contributed by atoms with Crippen LogP contribution in [0.4, 0.5) is 0 Å². The van der Waals surface area contributed by atoms with Gasteiger partial charge in [0.05, 0.1) is 18.9 Å². The summed E-state index contributed by atoms with van der Waals surface area (Å²) in [7, 11) is 0. The maximum Gasteiger partial charge on any atom is 0.326 e. The standard InChI is InChI=1S/C51H80N12O14/c1-7-29(6)41(61-45(71)33(24-30-14-9-8-10-15-30)57-44(70)34(25-39(64)65)56-42(68)31(52)16-11-19-55-51(53)54)49(75)63-21-13-18-38(63)47(73)59-35(23-28(4)5)48(74)62-20-12-17-37(62)46(72)58-32(22-27(2)3)43(69)60-36(50(76)77)26-40(66)67/h8-10,14-15,27-29,31-38,41H,7,11-13,16-26,52H2,1-6H3,(H,56,68)(H,57,70)(H,58,72)(H,59,73)(H,60,69)(H,61,71)(H,64,65)(H,66,67)(H,76,77)(H4,53,54,55)/t29-,31-,32-,33-,34-,35-,36-,37-,38-,41-/m0/s1. The van der Waals surface area contributed by atoms with Crippen molar-refractivity contribution in [3.63, 3.8) is 0 Å². The Morgan fingerprint density at radius 2 is 1.10 bits per heavy atom. The summed E-state index contributed by atoms with van der Waals surface area (Å²) < 4.78 is 0. The van der Waals surface area contributed by atoms with E-state index in [0.717, 1.165) is 0 Å². The van der Waals surface area contributed by atoms with Crippen molar-refractivity contribution in [2.45, 2.75) is 173 Å². The molecule has 1 aromatic rings. The number of aliphatic imine (C=N–C) groups is 1. The molecular formula is C51H80N12O14. The first-order valence-electron chi connectivity index (χ1n) is 26.2. The Labute approximate surface area is 448 Å². The fraction of sp³-hybridized carbons (Fsp3) is 0.647. The second kappa shape index (κ2) is 31.0. The summed E-state index contributed by atoms with van der Waals surface area (Å²) in [6.45, 7) is 11.1. The Morgan fingerprint density at radius 3 is 1.62 bits per heavy atom. The fourth-order valence-corrected chi connectivity index (χ4v) is 9.15. The minimum absolute atomic E-state index is 0.0598. The zero-order valence-electron chi connectivity index (χ0n) is 44.8. The van der Waals surface area contributed by atoms with Gasteiger partial charge in [-0.25, -0.2) is 4.79 Å². The highest BCUT2D eigenvalue weighted by atomic mass is 16.4. The van der Waals surface area contributed by atoms with E-state index < -0.39 is 138 Å². The molecule has 0 radical (unpaired) electrons. The highest BCUT2D eigenvalue weighted by Crippen LogP contribution is 2.25. The molecular weight excluding hydrogens is 1000 g/mol. The van der Waals surface area contributed by atoms with Crippen LogP contribution in [-0.4, -0.2) is 170 Å². The zero-order chi connectivity index (χ0) is 57.7. The Kier molecular flexibility index (Phi) is 25.7. The maximum atomic E-state index is 14.7. The Balaban J connectivity index is 1.85. The molecule has 26 heteroatoms. The molecule has 1 aromatic carbocycles. The molecule has 0 bridgehead atoms. The van der Waals surface area contributed by atoms with Crippen molar-refractivity contribution in [1.29, 1.82) is 0 Å². The third kappa shape index (κ3) is 20.6. The lowest BCUT2D eigenvalue weighted by Gasteiger charge is -2.34. The highest BCUT2D eigenvalue weighted by molar-refractivity contribution is 5.99. The number of likely N-dealkylation sites (tertiary alicyclic amines) is 2. The van der Waals surface area contributed by atoms with E-state index in [4.69, 9.17) is 17.2 Å². The monoisotopic (exact) mass is 1080 g/mol. The van der Waals surface area contributed by atoms with E-state index >= 15 is 0 Å². The summed E-state index contributed by atoms with van der Waals surface area (Å²) in [5.74, 6) is -11.6. The molecule has 26 nitrogen and oxygen atoms in total. The SMILES string of the molecule is CC[C@H](C)[C@H](NC(=O)[C@H](Cc1ccccc1)NC(=O)[C@H](CC(=O)O)NC(=O)[C@@H](N)CCCN=C(N)N)C(=O)N1CCC[C@H]1C(=O)N[C@@H](CC(C)C)C(=O)N1CCC[C@H]1C(=O)N[C@@H](CC(C)C)C(=O)N[C@@H](CC(=O)O)C(=O)O. The first-order valence-corrected chi connectivity index (χ1v) is 26.2. The third-order valence-corrected chi connectivity index (χ3v) is 13.3. The number of carbonyl (C=O) groups excluding carboxylic acids is 8. The summed E-state index contributed by atoms with van der Waals surface area (Å²) in [5.41, 5.74) is 17.3. The van der Waals surface area contributed by atoms with Crippen LogP contribution in [0.25, 0.3) is 0 Å². The van der Waals surface area contributed by atoms with E-state index in [1.807, 2.05) is 13.8 Å². The lowest BCUT2D eigenvalue weighted by Crippen LogP contribution is -2.61. The van der Waals surface area contributed by atoms with Crippen molar-refractivity contribution >= 4 is 71.1 Å². The van der Waals surface area contributed by atoms with Crippen LogP contribution >= 0.6 is 0 Å². The van der Waals surface area contributed by atoms with Gasteiger partial charge in [0.25, 0.3) is 0 Å². The molecule has 2 aliphatic heterocycles. The van der Waals surface area contributed by atoms with E-state index in [-0.39, 0.29) is 76.0 Å². The molecule has 2 heterocycles. The van der Waals surface area contributed by atoms with E-state index in [0.29, 0.717) is 31.2 Å². The lowest BCUT2D eigenvalue weighted by atomic mass is 9.96. The van der Waals surface area contributed by atoms with Gasteiger partial charge in [-0.1, -0.05) is 78.3 Å².